The van der Waals surface area contributed by atoms with Gasteiger partial charge in [-0.3, -0.25) is 9.59 Å². The lowest BCUT2D eigenvalue weighted by molar-refractivity contribution is -0.116. The molecule has 34 heavy (non-hydrogen) atoms. The van der Waals surface area contributed by atoms with Crippen LogP contribution in [0.3, 0.4) is 0 Å². The fraction of sp³-hybridized carbons (Fsp3) is 0.304. The van der Waals surface area contributed by atoms with Crippen molar-refractivity contribution < 1.29 is 31.5 Å². The molecule has 0 bridgehead atoms. The summed E-state index contributed by atoms with van der Waals surface area (Å²) in [6, 6.07) is 10.8. The van der Waals surface area contributed by atoms with E-state index in [1.807, 2.05) is 0 Å². The number of carbonyl (C=O) groups is 2. The number of alkyl halides is 2. The number of rotatable bonds is 9. The molecule has 2 aromatic carbocycles. The molecule has 1 aliphatic rings. The zero-order valence-electron chi connectivity index (χ0n) is 18.7. The Labute approximate surface area is 196 Å². The molecule has 2 N–H and O–H groups in total. The molecule has 0 atom stereocenters. The van der Waals surface area contributed by atoms with Gasteiger partial charge in [0.2, 0.25) is 21.8 Å². The van der Waals surface area contributed by atoms with E-state index >= 15 is 0 Å². The summed E-state index contributed by atoms with van der Waals surface area (Å²) in [6.45, 7) is -0.208. The van der Waals surface area contributed by atoms with E-state index < -0.39 is 22.5 Å². The number of nitrogens with one attached hydrogen (secondary N) is 2. The number of fused-ring (bicyclic) bond motifs is 1. The highest BCUT2D eigenvalue weighted by molar-refractivity contribution is 7.93. The van der Waals surface area contributed by atoms with E-state index in [1.165, 1.54) is 31.2 Å². The monoisotopic (exact) mass is 493 g/mol. The van der Waals surface area contributed by atoms with Gasteiger partial charge in [0.05, 0.1) is 11.4 Å². The van der Waals surface area contributed by atoms with Gasteiger partial charge in [0.25, 0.3) is 0 Å². The second-order valence-corrected chi connectivity index (χ2v) is 9.58. The Bertz CT molecular complexity index is 1200. The molecule has 0 aromatic heterocycles. The van der Waals surface area contributed by atoms with Crippen LogP contribution < -0.4 is 15.4 Å². The van der Waals surface area contributed by atoms with Gasteiger partial charge in [0, 0.05) is 24.8 Å². The molecule has 1 aliphatic carbocycles. The molecule has 0 saturated heterocycles. The lowest BCUT2D eigenvalue weighted by Gasteiger charge is -2.24. The zero-order chi connectivity index (χ0) is 24.9. The van der Waals surface area contributed by atoms with Crippen molar-refractivity contribution in [3.8, 4) is 5.75 Å². The summed E-state index contributed by atoms with van der Waals surface area (Å²) in [5, 5.41) is 5.26. The standard InChI is InChI=1S/C23H25F2N3O5S/c1-3-28(14-22(30)27-19-8-6-18(7-9-19)26-15(2)29)34(31,32)21-11-5-16-12-20(33-23(24)25)10-4-17(16)13-21/h4,6-10,12-13,23H,3,5,11,14H2,1-2H3,(H,26,29)(H,27,30). The molecule has 3 rings (SSSR count). The largest absolute Gasteiger partial charge is 0.435 e. The van der Waals surface area contributed by atoms with Gasteiger partial charge in [-0.15, -0.1) is 0 Å². The first kappa shape index (κ1) is 25.3. The van der Waals surface area contributed by atoms with Gasteiger partial charge in [-0.2, -0.15) is 13.1 Å². The third kappa shape index (κ3) is 6.39. The van der Waals surface area contributed by atoms with E-state index in [2.05, 4.69) is 15.4 Å². The highest BCUT2D eigenvalue weighted by Crippen LogP contribution is 2.31. The Morgan fingerprint density at radius 1 is 1.06 bits per heavy atom. The molecule has 11 heteroatoms. The number of allylic oxidation sites excluding steroid dienone is 1. The molecule has 0 unspecified atom stereocenters. The van der Waals surface area contributed by atoms with Crippen LogP contribution in [0.5, 0.6) is 5.75 Å². The molecular weight excluding hydrogens is 468 g/mol. The number of benzene rings is 2. The Morgan fingerprint density at radius 2 is 1.71 bits per heavy atom. The number of anilines is 2. The number of nitrogens with zero attached hydrogens (tertiary/aromatic N) is 1. The smallest absolute Gasteiger partial charge is 0.387 e. The number of carbonyl (C=O) groups excluding carboxylic acids is 2. The first-order valence-electron chi connectivity index (χ1n) is 10.5. The Hall–Kier alpha value is -3.31. The molecule has 2 amide bonds. The molecule has 0 saturated carbocycles. The van der Waals surface area contributed by atoms with E-state index in [1.54, 1.807) is 31.2 Å². The van der Waals surface area contributed by atoms with Crippen LogP contribution in [-0.2, 0) is 26.0 Å². The van der Waals surface area contributed by atoms with Crippen molar-refractivity contribution in [2.75, 3.05) is 23.7 Å². The number of aryl methyl sites for hydroxylation is 1. The summed E-state index contributed by atoms with van der Waals surface area (Å²) >= 11 is 0. The maximum atomic E-state index is 13.2. The minimum atomic E-state index is -3.92. The fourth-order valence-electron chi connectivity index (χ4n) is 3.56. The lowest BCUT2D eigenvalue weighted by atomic mass is 9.97. The third-order valence-electron chi connectivity index (χ3n) is 5.13. The van der Waals surface area contributed by atoms with Crippen molar-refractivity contribution in [3.63, 3.8) is 0 Å². The number of hydrogen-bond donors (Lipinski definition) is 2. The third-order valence-corrected chi connectivity index (χ3v) is 7.18. The summed E-state index contributed by atoms with van der Waals surface area (Å²) < 4.78 is 56.7. The topological polar surface area (TPSA) is 105 Å². The Kier molecular flexibility index (Phi) is 8.00. The number of halogens is 2. The van der Waals surface area contributed by atoms with Crippen LogP contribution in [-0.4, -0.2) is 44.2 Å². The quantitative estimate of drug-likeness (QED) is 0.553. The maximum absolute atomic E-state index is 13.2. The van der Waals surface area contributed by atoms with Crippen LogP contribution >= 0.6 is 0 Å². The highest BCUT2D eigenvalue weighted by Gasteiger charge is 2.29. The summed E-state index contributed by atoms with van der Waals surface area (Å²) in [6.07, 6.45) is 2.02. The zero-order valence-corrected chi connectivity index (χ0v) is 19.5. The van der Waals surface area contributed by atoms with E-state index in [4.69, 9.17) is 0 Å². The van der Waals surface area contributed by atoms with Crippen LogP contribution in [0.4, 0.5) is 20.2 Å². The SMILES string of the molecule is CCN(CC(=O)Nc1ccc(NC(C)=O)cc1)S(=O)(=O)C1=Cc2ccc(OC(F)F)cc2CC1. The first-order chi connectivity index (χ1) is 16.1. The second-order valence-electron chi connectivity index (χ2n) is 7.59. The normalized spacial score (nSPS) is 13.3. The van der Waals surface area contributed by atoms with Gasteiger partial charge in [0.15, 0.2) is 0 Å². The van der Waals surface area contributed by atoms with Gasteiger partial charge >= 0.3 is 6.61 Å². The summed E-state index contributed by atoms with van der Waals surface area (Å²) in [5.74, 6) is -0.712. The maximum Gasteiger partial charge on any atom is 0.387 e. The molecule has 0 spiro atoms. The minimum Gasteiger partial charge on any atom is -0.435 e. The fourth-order valence-corrected chi connectivity index (χ4v) is 5.15. The van der Waals surface area contributed by atoms with E-state index in [0.717, 1.165) is 4.31 Å². The van der Waals surface area contributed by atoms with Crippen LogP contribution in [0.25, 0.3) is 6.08 Å². The molecular formula is C23H25F2N3O5S. The number of likely N-dealkylation sites (N-methyl/N-ethyl adjacent to an activating group) is 1. The van der Waals surface area contributed by atoms with Gasteiger partial charge in [-0.25, -0.2) is 8.42 Å². The highest BCUT2D eigenvalue weighted by atomic mass is 32.2. The van der Waals surface area contributed by atoms with Gasteiger partial charge in [0.1, 0.15) is 5.75 Å². The average molecular weight is 494 g/mol. The van der Waals surface area contributed by atoms with Crippen LogP contribution in [0.15, 0.2) is 47.4 Å². The predicted molar refractivity (Wildman–Crippen MR) is 125 cm³/mol. The number of hydrogen-bond acceptors (Lipinski definition) is 5. The van der Waals surface area contributed by atoms with Crippen molar-refractivity contribution in [2.24, 2.45) is 0 Å². The number of amides is 2. The average Bonchev–Trinajstić information content (AvgIpc) is 2.77. The van der Waals surface area contributed by atoms with Crippen molar-refractivity contribution in [1.29, 1.82) is 0 Å². The van der Waals surface area contributed by atoms with Crippen molar-refractivity contribution >= 4 is 39.3 Å². The molecule has 0 fully saturated rings. The predicted octanol–water partition coefficient (Wildman–Crippen LogP) is 3.82. The lowest BCUT2D eigenvalue weighted by Crippen LogP contribution is -2.38. The van der Waals surface area contributed by atoms with E-state index in [-0.39, 0.29) is 36.1 Å². The van der Waals surface area contributed by atoms with Crippen molar-refractivity contribution in [2.45, 2.75) is 33.3 Å². The minimum absolute atomic E-state index is 0.0189. The molecule has 0 radical (unpaired) electrons. The molecule has 8 nitrogen and oxygen atoms in total. The van der Waals surface area contributed by atoms with E-state index in [0.29, 0.717) is 28.9 Å². The number of ether oxygens (including phenoxy) is 1. The molecule has 2 aromatic rings. The molecule has 0 heterocycles. The van der Waals surface area contributed by atoms with Crippen molar-refractivity contribution in [1.82, 2.24) is 4.31 Å². The molecule has 182 valence electrons. The van der Waals surface area contributed by atoms with Crippen LogP contribution in [0.1, 0.15) is 31.4 Å². The Morgan fingerprint density at radius 3 is 2.29 bits per heavy atom. The second kappa shape index (κ2) is 10.7. The summed E-state index contributed by atoms with van der Waals surface area (Å²) in [7, 11) is -3.92. The summed E-state index contributed by atoms with van der Waals surface area (Å²) in [4.78, 5) is 23.8. The molecule has 0 aliphatic heterocycles. The van der Waals surface area contributed by atoms with Gasteiger partial charge < -0.3 is 15.4 Å². The van der Waals surface area contributed by atoms with Gasteiger partial charge in [-0.05, 0) is 66.4 Å². The van der Waals surface area contributed by atoms with Crippen LogP contribution in [0, 0.1) is 0 Å². The van der Waals surface area contributed by atoms with Crippen molar-refractivity contribution in [3.05, 3.63) is 58.5 Å². The van der Waals surface area contributed by atoms with Gasteiger partial charge in [-0.1, -0.05) is 13.0 Å². The van der Waals surface area contributed by atoms with Crippen LogP contribution in [0.2, 0.25) is 0 Å². The van der Waals surface area contributed by atoms with E-state index in [9.17, 15) is 26.8 Å². The number of sulfonamides is 1. The Balaban J connectivity index is 1.70. The first-order valence-corrected chi connectivity index (χ1v) is 12.0. The summed E-state index contributed by atoms with van der Waals surface area (Å²) in [5.41, 5.74) is 2.34.